The zero-order chi connectivity index (χ0) is 21.9. The monoisotopic (exact) mass is 424 g/mol. The minimum Gasteiger partial charge on any atom is -0.347 e. The molecule has 3 aromatic carbocycles. The third kappa shape index (κ3) is 3.99. The van der Waals surface area contributed by atoms with Crippen LogP contribution in [0, 0.1) is 0 Å². The number of carbonyl (C=O) groups is 2. The summed E-state index contributed by atoms with van der Waals surface area (Å²) in [7, 11) is 0. The maximum absolute atomic E-state index is 12.8. The number of likely N-dealkylation sites (tertiary alicyclic amines) is 1. The van der Waals surface area contributed by atoms with E-state index in [0.29, 0.717) is 25.2 Å². The fraction of sp³-hybridized carbons (Fsp3) is 0.192. The molecule has 32 heavy (non-hydrogen) atoms. The molecule has 0 saturated carbocycles. The zero-order valence-corrected chi connectivity index (χ0v) is 17.7. The molecule has 1 aliphatic heterocycles. The molecule has 4 aromatic rings. The van der Waals surface area contributed by atoms with Crippen molar-refractivity contribution in [1.29, 1.82) is 0 Å². The van der Waals surface area contributed by atoms with Gasteiger partial charge in [-0.25, -0.2) is 0 Å². The van der Waals surface area contributed by atoms with Crippen LogP contribution in [0.5, 0.6) is 0 Å². The number of nitrogens with zero attached hydrogens (tertiary/aromatic N) is 2. The quantitative estimate of drug-likeness (QED) is 0.485. The highest BCUT2D eigenvalue weighted by molar-refractivity contribution is 6.04. The number of H-pyrrole nitrogens is 1. The predicted molar refractivity (Wildman–Crippen MR) is 124 cm³/mol. The number of para-hydroxylation sites is 1. The van der Waals surface area contributed by atoms with Gasteiger partial charge in [0.1, 0.15) is 0 Å². The average Bonchev–Trinajstić information content (AvgIpc) is 3.44. The summed E-state index contributed by atoms with van der Waals surface area (Å²) >= 11 is 0. The summed E-state index contributed by atoms with van der Waals surface area (Å²) in [6.07, 6.45) is 1.61. The van der Waals surface area contributed by atoms with Crippen LogP contribution in [-0.2, 0) is 17.9 Å². The molecule has 1 fully saturated rings. The van der Waals surface area contributed by atoms with Crippen molar-refractivity contribution < 1.29 is 9.59 Å². The van der Waals surface area contributed by atoms with Gasteiger partial charge in [-0.15, -0.1) is 0 Å². The van der Waals surface area contributed by atoms with Gasteiger partial charge in [0.15, 0.2) is 5.69 Å². The number of amides is 2. The minimum atomic E-state index is -0.206. The third-order valence-corrected chi connectivity index (χ3v) is 5.95. The van der Waals surface area contributed by atoms with Gasteiger partial charge in [0.05, 0.1) is 5.52 Å². The van der Waals surface area contributed by atoms with Crippen LogP contribution in [0.2, 0.25) is 0 Å². The second-order valence-corrected chi connectivity index (χ2v) is 8.07. The second-order valence-electron chi connectivity index (χ2n) is 8.07. The first-order valence-corrected chi connectivity index (χ1v) is 10.9. The molecular weight excluding hydrogens is 400 g/mol. The number of aromatic amines is 1. The Bertz CT molecular complexity index is 1280. The lowest BCUT2D eigenvalue weighted by molar-refractivity contribution is -0.128. The Labute approximate surface area is 186 Å². The average molecular weight is 425 g/mol. The molecule has 1 aromatic heterocycles. The van der Waals surface area contributed by atoms with Gasteiger partial charge in [-0.3, -0.25) is 14.7 Å². The number of fused-ring (bicyclic) bond motifs is 1. The first-order chi connectivity index (χ1) is 15.7. The molecule has 6 heteroatoms. The Morgan fingerprint density at radius 2 is 1.78 bits per heavy atom. The van der Waals surface area contributed by atoms with Crippen LogP contribution in [-0.4, -0.2) is 33.5 Å². The second kappa shape index (κ2) is 8.67. The van der Waals surface area contributed by atoms with Gasteiger partial charge >= 0.3 is 0 Å². The van der Waals surface area contributed by atoms with Gasteiger partial charge in [0, 0.05) is 31.4 Å². The molecule has 0 atom stereocenters. The molecule has 2 N–H and O–H groups in total. The molecule has 0 radical (unpaired) electrons. The summed E-state index contributed by atoms with van der Waals surface area (Å²) in [5, 5.41) is 10.9. The number of nitrogens with one attached hydrogen (secondary N) is 2. The topological polar surface area (TPSA) is 78.1 Å². The van der Waals surface area contributed by atoms with Crippen LogP contribution in [0.15, 0.2) is 72.8 Å². The van der Waals surface area contributed by atoms with Crippen LogP contribution in [0.25, 0.3) is 22.0 Å². The maximum atomic E-state index is 12.8. The Hall–Kier alpha value is -3.93. The van der Waals surface area contributed by atoms with Crippen molar-refractivity contribution in [2.75, 3.05) is 6.54 Å². The van der Waals surface area contributed by atoms with E-state index in [-0.39, 0.29) is 11.8 Å². The Kier molecular flexibility index (Phi) is 5.42. The summed E-state index contributed by atoms with van der Waals surface area (Å²) in [5.74, 6) is 0.0303. The molecule has 0 spiro atoms. The van der Waals surface area contributed by atoms with Gasteiger partial charge in [0.2, 0.25) is 5.91 Å². The van der Waals surface area contributed by atoms with E-state index in [1.54, 1.807) is 0 Å². The van der Waals surface area contributed by atoms with E-state index in [2.05, 4.69) is 45.8 Å². The molecule has 6 nitrogen and oxygen atoms in total. The molecule has 1 saturated heterocycles. The van der Waals surface area contributed by atoms with Crippen LogP contribution < -0.4 is 5.32 Å². The van der Waals surface area contributed by atoms with Crippen molar-refractivity contribution in [3.63, 3.8) is 0 Å². The largest absolute Gasteiger partial charge is 0.347 e. The SMILES string of the molecule is O=C(NCc1ccccc1-c1ccc(CN2CCCC2=O)cc1)c1n[nH]c2ccccc12. The predicted octanol–water partition coefficient (Wildman–Crippen LogP) is 4.28. The molecular formula is C26H24N4O2. The number of hydrogen-bond acceptors (Lipinski definition) is 3. The lowest BCUT2D eigenvalue weighted by Crippen LogP contribution is -2.24. The van der Waals surface area contributed by atoms with E-state index in [1.807, 2.05) is 47.4 Å². The van der Waals surface area contributed by atoms with Crippen molar-refractivity contribution in [3.05, 3.63) is 89.6 Å². The normalized spacial score (nSPS) is 13.6. The van der Waals surface area contributed by atoms with Crippen molar-refractivity contribution >= 4 is 22.7 Å². The first kappa shape index (κ1) is 20.0. The standard InChI is InChI=1S/C26H24N4O2/c31-24-10-5-15-30(24)17-18-11-13-19(14-12-18)21-7-2-1-6-20(21)16-27-26(32)25-22-8-3-4-9-23(22)28-29-25/h1-4,6-9,11-14H,5,10,15-17H2,(H,27,32)(H,28,29). The minimum absolute atomic E-state index is 0.206. The molecule has 5 rings (SSSR count). The summed E-state index contributed by atoms with van der Waals surface area (Å²) in [5.41, 5.74) is 5.55. The van der Waals surface area contributed by atoms with Crippen LogP contribution >= 0.6 is 0 Å². The van der Waals surface area contributed by atoms with Gasteiger partial charge in [-0.1, -0.05) is 66.7 Å². The van der Waals surface area contributed by atoms with E-state index in [4.69, 9.17) is 0 Å². The highest BCUT2D eigenvalue weighted by Crippen LogP contribution is 2.25. The molecule has 0 unspecified atom stereocenters. The fourth-order valence-electron chi connectivity index (χ4n) is 4.23. The van der Waals surface area contributed by atoms with Crippen molar-refractivity contribution in [2.24, 2.45) is 0 Å². The van der Waals surface area contributed by atoms with Gasteiger partial charge < -0.3 is 10.2 Å². The van der Waals surface area contributed by atoms with Crippen molar-refractivity contribution in [3.8, 4) is 11.1 Å². The molecule has 160 valence electrons. The molecule has 2 amide bonds. The van der Waals surface area contributed by atoms with Gasteiger partial charge in [-0.2, -0.15) is 5.10 Å². The number of carbonyl (C=O) groups excluding carboxylic acids is 2. The number of benzene rings is 3. The van der Waals surface area contributed by atoms with E-state index < -0.39 is 0 Å². The third-order valence-electron chi connectivity index (χ3n) is 5.95. The van der Waals surface area contributed by atoms with Crippen LogP contribution in [0.3, 0.4) is 0 Å². The lowest BCUT2D eigenvalue weighted by atomic mass is 9.98. The summed E-state index contributed by atoms with van der Waals surface area (Å²) in [4.78, 5) is 26.5. The molecule has 1 aliphatic rings. The van der Waals surface area contributed by atoms with Crippen LogP contribution in [0.4, 0.5) is 0 Å². The summed E-state index contributed by atoms with van der Waals surface area (Å²) < 4.78 is 0. The number of aromatic nitrogens is 2. The van der Waals surface area contributed by atoms with E-state index in [1.165, 1.54) is 0 Å². The Balaban J connectivity index is 1.30. The first-order valence-electron chi connectivity index (χ1n) is 10.9. The zero-order valence-electron chi connectivity index (χ0n) is 17.7. The van der Waals surface area contributed by atoms with E-state index in [9.17, 15) is 9.59 Å². The van der Waals surface area contributed by atoms with Gasteiger partial charge in [-0.05, 0) is 34.7 Å². The van der Waals surface area contributed by atoms with E-state index in [0.717, 1.165) is 46.1 Å². The Morgan fingerprint density at radius 3 is 2.59 bits per heavy atom. The fourth-order valence-corrected chi connectivity index (χ4v) is 4.23. The van der Waals surface area contributed by atoms with Gasteiger partial charge in [0.25, 0.3) is 5.91 Å². The molecule has 0 aliphatic carbocycles. The molecule has 2 heterocycles. The molecule has 0 bridgehead atoms. The number of rotatable bonds is 6. The number of hydrogen-bond donors (Lipinski definition) is 2. The maximum Gasteiger partial charge on any atom is 0.272 e. The van der Waals surface area contributed by atoms with Crippen molar-refractivity contribution in [2.45, 2.75) is 25.9 Å². The van der Waals surface area contributed by atoms with Crippen LogP contribution in [0.1, 0.15) is 34.5 Å². The van der Waals surface area contributed by atoms with Crippen molar-refractivity contribution in [1.82, 2.24) is 20.4 Å². The summed E-state index contributed by atoms with van der Waals surface area (Å²) in [6.45, 7) is 1.91. The lowest BCUT2D eigenvalue weighted by Gasteiger charge is -2.16. The summed E-state index contributed by atoms with van der Waals surface area (Å²) in [6, 6.07) is 24.0. The Morgan fingerprint density at radius 1 is 1.00 bits per heavy atom. The highest BCUT2D eigenvalue weighted by atomic mass is 16.2. The highest BCUT2D eigenvalue weighted by Gasteiger charge is 2.20. The van der Waals surface area contributed by atoms with E-state index >= 15 is 0 Å². The smallest absolute Gasteiger partial charge is 0.272 e.